The first-order chi connectivity index (χ1) is 26.5. The van der Waals surface area contributed by atoms with Gasteiger partial charge in [-0.05, 0) is 58.6 Å². The van der Waals surface area contributed by atoms with Crippen LogP contribution in [0.3, 0.4) is 0 Å². The molecule has 1 aliphatic rings. The van der Waals surface area contributed by atoms with Crippen LogP contribution in [-0.4, -0.2) is 76.4 Å². The molecule has 0 unspecified atom stereocenters. The van der Waals surface area contributed by atoms with Gasteiger partial charge in [0.2, 0.25) is 0 Å². The van der Waals surface area contributed by atoms with E-state index in [1.54, 1.807) is 43.1 Å². The Morgan fingerprint density at radius 2 is 1.50 bits per heavy atom. The molecule has 0 spiro atoms. The molecule has 0 aliphatic carbocycles. The number of azide groups is 1. The molecule has 54 heavy (non-hydrogen) atoms. The largest absolute Gasteiger partial charge is 0.497 e. The third-order valence-corrected chi connectivity index (χ3v) is 9.24. The van der Waals surface area contributed by atoms with E-state index in [2.05, 4.69) is 30.3 Å². The number of imidazole rings is 1. The van der Waals surface area contributed by atoms with Gasteiger partial charge in [-0.15, -0.1) is 0 Å². The summed E-state index contributed by atoms with van der Waals surface area (Å²) in [5.41, 5.74) is 11.2. The van der Waals surface area contributed by atoms with Gasteiger partial charge in [0.05, 0.1) is 27.2 Å². The molecule has 2 N–H and O–H groups in total. The monoisotopic (exact) mass is 728 g/mol. The van der Waals surface area contributed by atoms with E-state index in [0.717, 1.165) is 16.7 Å². The lowest BCUT2D eigenvalue weighted by molar-refractivity contribution is -0.0958. The van der Waals surface area contributed by atoms with Crippen LogP contribution in [0.5, 0.6) is 11.5 Å². The molecule has 6 aromatic rings. The molecular formula is C39H36N8O7. The number of aliphatic hydroxyl groups excluding tert-OH is 1. The molecular weight excluding hydrogens is 692 g/mol. The summed E-state index contributed by atoms with van der Waals surface area (Å²) in [6.45, 7) is -0.497. The Balaban J connectivity index is 1.24. The number of ether oxygens (including phenoxy) is 5. The van der Waals surface area contributed by atoms with Gasteiger partial charge in [0.1, 0.15) is 48.5 Å². The maximum atomic E-state index is 13.0. The van der Waals surface area contributed by atoms with Gasteiger partial charge in [-0.2, -0.15) is 0 Å². The standard InChI is InChI=1S/C39H36N8O7/c1-50-29-17-13-27(14-18-29)39(26-11-7-4-8-12-26,28-15-19-30(51-2)20-16-28)53-21-31-33(48)34(52-24-44-46-40)38(54-31)47-23-43-32-35(41-22-42-36(32)47)45-37(49)25-9-5-3-6-10-25/h3-20,22-23,31,33-34,38,48H,21,24H2,1-2H3,(H,41,42,45,49)/t31-,33-,34-,38-/m1/s1. The molecule has 15 nitrogen and oxygen atoms in total. The minimum Gasteiger partial charge on any atom is -0.497 e. The fraction of sp³-hybridized carbons (Fsp3) is 0.231. The van der Waals surface area contributed by atoms with Crippen molar-refractivity contribution in [1.82, 2.24) is 19.5 Å². The summed E-state index contributed by atoms with van der Waals surface area (Å²) in [6, 6.07) is 33.6. The molecule has 15 heteroatoms. The first-order valence-corrected chi connectivity index (χ1v) is 16.9. The van der Waals surface area contributed by atoms with Gasteiger partial charge in [0, 0.05) is 10.5 Å². The van der Waals surface area contributed by atoms with Crippen LogP contribution in [0.25, 0.3) is 21.6 Å². The summed E-state index contributed by atoms with van der Waals surface area (Å²) in [5.74, 6) is 1.16. The van der Waals surface area contributed by atoms with Gasteiger partial charge < -0.3 is 34.1 Å². The summed E-state index contributed by atoms with van der Waals surface area (Å²) >= 11 is 0. The number of carbonyl (C=O) groups is 1. The molecule has 274 valence electrons. The fourth-order valence-corrected chi connectivity index (χ4v) is 6.59. The minimum atomic E-state index is -1.26. The molecule has 4 aromatic carbocycles. The van der Waals surface area contributed by atoms with Crippen LogP contribution in [0.1, 0.15) is 33.3 Å². The average Bonchev–Trinajstić information content (AvgIpc) is 3.80. The molecule has 4 atom stereocenters. The van der Waals surface area contributed by atoms with Crippen molar-refractivity contribution in [2.45, 2.75) is 30.1 Å². The van der Waals surface area contributed by atoms with E-state index in [9.17, 15) is 9.90 Å². The summed E-state index contributed by atoms with van der Waals surface area (Å²) < 4.78 is 32.0. The van der Waals surface area contributed by atoms with Crippen LogP contribution >= 0.6 is 0 Å². The lowest BCUT2D eigenvalue weighted by atomic mass is 9.80. The van der Waals surface area contributed by atoms with E-state index in [1.807, 2.05) is 84.9 Å². The molecule has 1 saturated heterocycles. The van der Waals surface area contributed by atoms with Crippen molar-refractivity contribution in [2.75, 3.05) is 32.9 Å². The highest BCUT2D eigenvalue weighted by Gasteiger charge is 2.48. The molecule has 2 aromatic heterocycles. The number of fused-ring (bicyclic) bond motifs is 1. The van der Waals surface area contributed by atoms with Crippen molar-refractivity contribution < 1.29 is 33.6 Å². The van der Waals surface area contributed by atoms with Gasteiger partial charge in [0.15, 0.2) is 23.2 Å². The van der Waals surface area contributed by atoms with Crippen molar-refractivity contribution in [3.63, 3.8) is 0 Å². The normalized spacial score (nSPS) is 18.2. The quantitative estimate of drug-likeness (QED) is 0.0581. The van der Waals surface area contributed by atoms with Crippen LogP contribution in [0.4, 0.5) is 5.82 Å². The van der Waals surface area contributed by atoms with Crippen molar-refractivity contribution >= 4 is 22.9 Å². The third kappa shape index (κ3) is 7.05. The maximum Gasteiger partial charge on any atom is 0.256 e. The number of benzene rings is 4. The molecule has 0 saturated carbocycles. The second-order valence-corrected chi connectivity index (χ2v) is 12.2. The molecule has 1 fully saturated rings. The second-order valence-electron chi connectivity index (χ2n) is 12.2. The highest BCUT2D eigenvalue weighted by molar-refractivity contribution is 6.06. The summed E-state index contributed by atoms with van der Waals surface area (Å²) in [4.78, 5) is 28.9. The zero-order valence-electron chi connectivity index (χ0n) is 29.3. The number of amides is 1. The Kier molecular flexibility index (Phi) is 10.8. The number of aromatic nitrogens is 4. The Hall–Kier alpha value is -6.35. The number of hydrogen-bond donors (Lipinski definition) is 2. The number of carbonyl (C=O) groups excluding carboxylic acids is 1. The van der Waals surface area contributed by atoms with E-state index in [-0.39, 0.29) is 30.6 Å². The van der Waals surface area contributed by atoms with Gasteiger partial charge in [-0.1, -0.05) is 77.9 Å². The van der Waals surface area contributed by atoms with Crippen LogP contribution in [-0.2, 0) is 19.8 Å². The maximum absolute atomic E-state index is 13.0. The van der Waals surface area contributed by atoms with E-state index >= 15 is 0 Å². The topological polar surface area (TPSA) is 188 Å². The van der Waals surface area contributed by atoms with Crippen molar-refractivity contribution in [3.05, 3.63) is 155 Å². The van der Waals surface area contributed by atoms with Crippen molar-refractivity contribution in [3.8, 4) is 11.5 Å². The Bertz CT molecular complexity index is 2180. The van der Waals surface area contributed by atoms with Gasteiger partial charge in [0.25, 0.3) is 5.91 Å². The summed E-state index contributed by atoms with van der Waals surface area (Å²) in [6.07, 6.45) is -1.52. The van der Waals surface area contributed by atoms with Crippen LogP contribution < -0.4 is 14.8 Å². The predicted molar refractivity (Wildman–Crippen MR) is 197 cm³/mol. The second kappa shape index (κ2) is 16.1. The molecule has 3 heterocycles. The van der Waals surface area contributed by atoms with Gasteiger partial charge in [-0.3, -0.25) is 9.36 Å². The fourth-order valence-electron chi connectivity index (χ4n) is 6.59. The van der Waals surface area contributed by atoms with E-state index in [1.165, 1.54) is 12.7 Å². The van der Waals surface area contributed by atoms with Gasteiger partial charge >= 0.3 is 0 Å². The minimum absolute atomic E-state index is 0.119. The zero-order valence-corrected chi connectivity index (χ0v) is 29.3. The highest BCUT2D eigenvalue weighted by Crippen LogP contribution is 2.43. The number of nitrogens with zero attached hydrogens (tertiary/aromatic N) is 7. The summed E-state index contributed by atoms with van der Waals surface area (Å²) in [5, 5.41) is 18.1. The summed E-state index contributed by atoms with van der Waals surface area (Å²) in [7, 11) is 3.21. The Morgan fingerprint density at radius 1 is 0.889 bits per heavy atom. The lowest BCUT2D eigenvalue weighted by Crippen LogP contribution is -2.40. The number of anilines is 1. The smallest absolute Gasteiger partial charge is 0.256 e. The first kappa shape index (κ1) is 36.0. The van der Waals surface area contributed by atoms with E-state index < -0.39 is 30.1 Å². The van der Waals surface area contributed by atoms with Crippen LogP contribution in [0, 0.1) is 0 Å². The van der Waals surface area contributed by atoms with Crippen molar-refractivity contribution in [1.29, 1.82) is 0 Å². The van der Waals surface area contributed by atoms with Crippen LogP contribution in [0.2, 0.25) is 0 Å². The molecule has 7 rings (SSSR count). The molecule has 0 bridgehead atoms. The first-order valence-electron chi connectivity index (χ1n) is 16.9. The average molecular weight is 729 g/mol. The number of rotatable bonds is 14. The zero-order chi connectivity index (χ0) is 37.5. The van der Waals surface area contributed by atoms with Crippen LogP contribution in [0.15, 0.2) is 127 Å². The van der Waals surface area contributed by atoms with E-state index in [0.29, 0.717) is 22.7 Å². The Labute approximate surface area is 309 Å². The predicted octanol–water partition coefficient (Wildman–Crippen LogP) is 6.02. The van der Waals surface area contributed by atoms with Gasteiger partial charge in [-0.25, -0.2) is 15.0 Å². The van der Waals surface area contributed by atoms with Crippen molar-refractivity contribution in [2.24, 2.45) is 5.11 Å². The molecule has 0 radical (unpaired) electrons. The third-order valence-electron chi connectivity index (χ3n) is 9.24. The number of methoxy groups -OCH3 is 2. The number of nitrogens with one attached hydrogen (secondary N) is 1. The highest BCUT2D eigenvalue weighted by atomic mass is 16.6. The molecule has 1 aliphatic heterocycles. The number of hydrogen-bond acceptors (Lipinski definition) is 11. The van der Waals surface area contributed by atoms with E-state index in [4.69, 9.17) is 29.2 Å². The Morgan fingerprint density at radius 3 is 2.11 bits per heavy atom. The molecule has 1 amide bonds. The SMILES string of the molecule is COc1ccc(C(OC[C@H]2O[C@@H](n3cnc4c(NC(=O)c5ccccc5)ncnc43)[C@H](OCN=[N+]=[N-])[C@@H]2O)(c2ccccc2)c2ccc(OC)cc2)cc1. The number of aliphatic hydroxyl groups is 1. The lowest BCUT2D eigenvalue weighted by Gasteiger charge is -2.37.